The Bertz CT molecular complexity index is 2240. The Balaban J connectivity index is 0.929. The third-order valence-corrected chi connectivity index (χ3v) is 12.3. The molecule has 3 aliphatic rings. The predicted molar refractivity (Wildman–Crippen MR) is 217 cm³/mol. The van der Waals surface area contributed by atoms with Gasteiger partial charge in [0.1, 0.15) is 16.9 Å². The van der Waals surface area contributed by atoms with E-state index in [-0.39, 0.29) is 48.9 Å². The zero-order valence-corrected chi connectivity index (χ0v) is 33.9. The van der Waals surface area contributed by atoms with Crippen LogP contribution in [0.15, 0.2) is 47.5 Å². The van der Waals surface area contributed by atoms with Crippen LogP contribution in [-0.4, -0.2) is 104 Å². The number of hydrazine groups is 1. The highest BCUT2D eigenvalue weighted by Crippen LogP contribution is 2.40. The number of imide groups is 1. The van der Waals surface area contributed by atoms with E-state index in [4.69, 9.17) is 16.6 Å². The monoisotopic (exact) mass is 812 g/mol. The van der Waals surface area contributed by atoms with Crippen molar-refractivity contribution in [2.24, 2.45) is 4.99 Å². The molecule has 5 amide bonds. The molecule has 0 aliphatic carbocycles. The maximum Gasteiger partial charge on any atom is 0.254 e. The van der Waals surface area contributed by atoms with Gasteiger partial charge < -0.3 is 15.1 Å². The Morgan fingerprint density at radius 1 is 1.00 bits per heavy atom. The van der Waals surface area contributed by atoms with Crippen LogP contribution in [0, 0.1) is 20.8 Å². The van der Waals surface area contributed by atoms with E-state index in [0.29, 0.717) is 68.5 Å². The Hall–Kier alpha value is -5.45. The molecule has 1 fully saturated rings. The number of hydrogen-bond donors (Lipinski definition) is 3. The number of aromatic nitrogens is 3. The fraction of sp³-hybridized carbons (Fsp3) is 0.400. The summed E-state index contributed by atoms with van der Waals surface area (Å²) in [5.74, 6) is 0.650. The first kappa shape index (κ1) is 39.8. The summed E-state index contributed by atoms with van der Waals surface area (Å²) in [5, 5.41) is 17.8. The molecule has 5 heterocycles. The molecular weight excluding hydrogens is 768 g/mol. The fourth-order valence-electron chi connectivity index (χ4n) is 7.55. The van der Waals surface area contributed by atoms with Crippen LogP contribution in [0.1, 0.15) is 87.8 Å². The van der Waals surface area contributed by atoms with E-state index in [2.05, 4.69) is 40.1 Å². The van der Waals surface area contributed by atoms with E-state index in [1.807, 2.05) is 58.7 Å². The van der Waals surface area contributed by atoms with Crippen molar-refractivity contribution in [2.45, 2.75) is 72.0 Å². The molecule has 4 aromatic rings. The number of amides is 5. The van der Waals surface area contributed by atoms with Gasteiger partial charge in [-0.05, 0) is 63.9 Å². The van der Waals surface area contributed by atoms with Crippen LogP contribution in [-0.2, 0) is 25.7 Å². The second-order valence-corrected chi connectivity index (χ2v) is 16.2. The third kappa shape index (κ3) is 8.34. The Labute approximate surface area is 339 Å². The molecule has 0 saturated carbocycles. The number of carbonyl (C=O) groups is 5. The standard InChI is InChI=1S/C40H45ClN10O5S/c1-23(8-13-33(53)43-22-52)50-21-30-29(39(50)56)6-5-7-31(30)42-15-14-34(54)47-49-18-16-48(17-19-49)35(55)20-32-38-46-45-26(4)51(38)40-36(24(2)25(3)57-40)37(44-32)27-9-11-28(41)12-10-27/h5-7,9-12,22-23,32,42H,8,13-21H2,1-4H3,(H,47,54)(H,43,52,53)/t23?,32-/m0/s1. The van der Waals surface area contributed by atoms with Gasteiger partial charge in [-0.3, -0.25) is 44.3 Å². The highest BCUT2D eigenvalue weighted by molar-refractivity contribution is 7.15. The normalized spacial score (nSPS) is 16.9. The molecule has 7 rings (SSSR count). The topological polar surface area (TPSA) is 174 Å². The van der Waals surface area contributed by atoms with Crippen molar-refractivity contribution in [1.82, 2.24) is 40.3 Å². The Kier molecular flexibility index (Phi) is 11.8. The van der Waals surface area contributed by atoms with Crippen LogP contribution in [0.25, 0.3) is 5.00 Å². The maximum absolute atomic E-state index is 13.9. The zero-order chi connectivity index (χ0) is 40.4. The fourth-order valence-corrected chi connectivity index (χ4v) is 8.89. The lowest BCUT2D eigenvalue weighted by atomic mass is 9.99. The lowest BCUT2D eigenvalue weighted by Crippen LogP contribution is -2.55. The van der Waals surface area contributed by atoms with Crippen molar-refractivity contribution >= 4 is 64.4 Å². The molecule has 0 radical (unpaired) electrons. The molecule has 298 valence electrons. The third-order valence-electron chi connectivity index (χ3n) is 10.8. The SMILES string of the molecule is Cc1sc2c(c1C)C(c1ccc(Cl)cc1)=N[C@@H](CC(=O)N1CCN(NC(=O)CCNc3cccc4c3CN(C(C)CCC(=O)NC=O)C4=O)CC1)c1nnc(C)n1-2. The number of anilines is 1. The number of benzene rings is 2. The van der Waals surface area contributed by atoms with Gasteiger partial charge in [-0.2, -0.15) is 0 Å². The lowest BCUT2D eigenvalue weighted by Gasteiger charge is -2.35. The number of aryl methyl sites for hydroxylation is 2. The number of hydrogen-bond acceptors (Lipinski definition) is 11. The van der Waals surface area contributed by atoms with Gasteiger partial charge in [-0.25, -0.2) is 5.01 Å². The van der Waals surface area contributed by atoms with E-state index in [9.17, 15) is 24.0 Å². The second kappa shape index (κ2) is 17.0. The van der Waals surface area contributed by atoms with Gasteiger partial charge in [0.15, 0.2) is 5.82 Å². The first-order valence-corrected chi connectivity index (χ1v) is 20.2. The number of thiophene rings is 1. The maximum atomic E-state index is 13.9. The predicted octanol–water partition coefficient (Wildman–Crippen LogP) is 4.26. The zero-order valence-electron chi connectivity index (χ0n) is 32.3. The summed E-state index contributed by atoms with van der Waals surface area (Å²) in [6.45, 7) is 10.5. The molecule has 15 nitrogen and oxygen atoms in total. The van der Waals surface area contributed by atoms with Gasteiger partial charge in [0, 0.05) is 96.0 Å². The molecule has 0 spiro atoms. The minimum Gasteiger partial charge on any atom is -0.384 e. The smallest absolute Gasteiger partial charge is 0.254 e. The van der Waals surface area contributed by atoms with Crippen LogP contribution in [0.4, 0.5) is 5.69 Å². The molecule has 3 aliphatic heterocycles. The van der Waals surface area contributed by atoms with Crippen molar-refractivity contribution in [2.75, 3.05) is 38.0 Å². The largest absolute Gasteiger partial charge is 0.384 e. The van der Waals surface area contributed by atoms with E-state index in [1.165, 1.54) is 4.88 Å². The Morgan fingerprint density at radius 2 is 1.75 bits per heavy atom. The first-order valence-electron chi connectivity index (χ1n) is 19.0. The number of nitrogens with one attached hydrogen (secondary N) is 3. The molecule has 0 bridgehead atoms. The van der Waals surface area contributed by atoms with Crippen molar-refractivity contribution in [1.29, 1.82) is 0 Å². The van der Waals surface area contributed by atoms with Gasteiger partial charge in [-0.1, -0.05) is 29.8 Å². The molecule has 1 saturated heterocycles. The van der Waals surface area contributed by atoms with E-state index < -0.39 is 6.04 Å². The average Bonchev–Trinajstić information content (AvgIpc) is 3.81. The van der Waals surface area contributed by atoms with Gasteiger partial charge in [0.25, 0.3) is 5.91 Å². The summed E-state index contributed by atoms with van der Waals surface area (Å²) in [4.78, 5) is 72.2. The molecule has 2 aromatic heterocycles. The van der Waals surface area contributed by atoms with E-state index in [0.717, 1.165) is 44.5 Å². The van der Waals surface area contributed by atoms with Gasteiger partial charge in [0.05, 0.1) is 12.1 Å². The molecule has 2 atom stereocenters. The first-order chi connectivity index (χ1) is 27.4. The summed E-state index contributed by atoms with van der Waals surface area (Å²) in [5.41, 5.74) is 9.03. The highest BCUT2D eigenvalue weighted by Gasteiger charge is 2.35. The Morgan fingerprint density at radius 3 is 2.49 bits per heavy atom. The molecule has 17 heteroatoms. The number of carbonyl (C=O) groups excluding carboxylic acids is 5. The van der Waals surface area contributed by atoms with Gasteiger partial charge in [-0.15, -0.1) is 21.5 Å². The number of piperazine rings is 1. The van der Waals surface area contributed by atoms with Gasteiger partial charge in [0.2, 0.25) is 24.1 Å². The van der Waals surface area contributed by atoms with Crippen LogP contribution in [0.5, 0.6) is 0 Å². The lowest BCUT2D eigenvalue weighted by molar-refractivity contribution is -0.135. The summed E-state index contributed by atoms with van der Waals surface area (Å²) in [7, 11) is 0. The molecule has 1 unspecified atom stereocenters. The van der Waals surface area contributed by atoms with Crippen molar-refractivity contribution in [3.8, 4) is 5.00 Å². The van der Waals surface area contributed by atoms with Crippen LogP contribution >= 0.6 is 22.9 Å². The van der Waals surface area contributed by atoms with Gasteiger partial charge >= 0.3 is 0 Å². The number of aliphatic imine (C=N–C) groups is 1. The quantitative estimate of drug-likeness (QED) is 0.167. The van der Waals surface area contributed by atoms with Crippen LogP contribution < -0.4 is 16.1 Å². The summed E-state index contributed by atoms with van der Waals surface area (Å²) in [6.07, 6.45) is 1.23. The number of nitrogens with zero attached hydrogens (tertiary/aromatic N) is 7. The summed E-state index contributed by atoms with van der Waals surface area (Å²) < 4.78 is 2.04. The number of fused-ring (bicyclic) bond motifs is 4. The van der Waals surface area contributed by atoms with Crippen molar-refractivity contribution in [3.05, 3.63) is 91.8 Å². The average molecular weight is 813 g/mol. The summed E-state index contributed by atoms with van der Waals surface area (Å²) >= 11 is 7.91. The molecule has 57 heavy (non-hydrogen) atoms. The second-order valence-electron chi connectivity index (χ2n) is 14.5. The highest BCUT2D eigenvalue weighted by atomic mass is 35.5. The number of rotatable bonds is 13. The number of halogens is 1. The van der Waals surface area contributed by atoms with Crippen LogP contribution in [0.2, 0.25) is 5.02 Å². The van der Waals surface area contributed by atoms with E-state index in [1.54, 1.807) is 28.4 Å². The van der Waals surface area contributed by atoms with Crippen LogP contribution in [0.3, 0.4) is 0 Å². The molecule has 2 aromatic carbocycles. The molecule has 3 N–H and O–H groups in total. The minimum atomic E-state index is -0.563. The summed E-state index contributed by atoms with van der Waals surface area (Å²) in [6, 6.07) is 12.3. The van der Waals surface area contributed by atoms with E-state index >= 15 is 0 Å². The minimum absolute atomic E-state index is 0.0510. The molecular formula is C40H45ClN10O5S. The van der Waals surface area contributed by atoms with Crippen molar-refractivity contribution in [3.63, 3.8) is 0 Å². The van der Waals surface area contributed by atoms with Crippen molar-refractivity contribution < 1.29 is 24.0 Å².